The number of aromatic nitrogens is 2. The van der Waals surface area contributed by atoms with Crippen LogP contribution >= 0.6 is 0 Å². The van der Waals surface area contributed by atoms with Crippen LogP contribution in [0.25, 0.3) is 11.1 Å². The number of benzene rings is 1. The lowest BCUT2D eigenvalue weighted by Gasteiger charge is -2.21. The van der Waals surface area contributed by atoms with Gasteiger partial charge in [-0.3, -0.25) is 9.78 Å². The highest BCUT2D eigenvalue weighted by Gasteiger charge is 2.43. The summed E-state index contributed by atoms with van der Waals surface area (Å²) in [5, 5.41) is 12.6. The van der Waals surface area contributed by atoms with Crippen molar-refractivity contribution in [3.8, 4) is 16.9 Å². The number of aliphatic hydroxyl groups excluding tert-OH is 1. The van der Waals surface area contributed by atoms with Gasteiger partial charge in [0.15, 0.2) is 0 Å². The van der Waals surface area contributed by atoms with Crippen molar-refractivity contribution >= 4 is 17.4 Å². The maximum absolute atomic E-state index is 13.1. The van der Waals surface area contributed by atoms with E-state index in [4.69, 9.17) is 0 Å². The summed E-state index contributed by atoms with van der Waals surface area (Å²) in [7, 11) is 0. The largest absolute Gasteiger partial charge is 0.461 e. The summed E-state index contributed by atoms with van der Waals surface area (Å²) in [4.78, 5) is 23.6. The van der Waals surface area contributed by atoms with Crippen LogP contribution in [0.1, 0.15) is 22.5 Å². The van der Waals surface area contributed by atoms with Gasteiger partial charge in [0.05, 0.1) is 11.7 Å². The van der Waals surface area contributed by atoms with E-state index in [1.54, 1.807) is 12.3 Å². The number of β-amino-alcohol motifs (C(OH)–C–C–N with tert-alkyl or cyclic N) is 1. The van der Waals surface area contributed by atoms with Crippen molar-refractivity contribution in [2.24, 2.45) is 0 Å². The van der Waals surface area contributed by atoms with E-state index in [0.29, 0.717) is 30.9 Å². The number of halogens is 4. The van der Waals surface area contributed by atoms with E-state index in [9.17, 15) is 27.5 Å². The fraction of sp³-hybridized carbons (Fsp3) is 0.292. The van der Waals surface area contributed by atoms with Crippen LogP contribution in [0.2, 0.25) is 0 Å². The first kappa shape index (κ1) is 24.4. The SMILES string of the molecule is Cc1ccc(-c2cc(C(=O)Nc3ccc(OC(F)(F)C(F)F)cc3)cnc2N2CCC(O)C2)cn1. The molecule has 1 aromatic carbocycles. The molecule has 1 aliphatic rings. The average molecular weight is 490 g/mol. The fourth-order valence-electron chi connectivity index (χ4n) is 3.62. The Hall–Kier alpha value is -3.73. The van der Waals surface area contributed by atoms with Crippen molar-refractivity contribution in [1.82, 2.24) is 9.97 Å². The number of carbonyl (C=O) groups is 1. The molecule has 2 N–H and O–H groups in total. The standard InChI is InChI=1S/C24H22F4N4O3/c1-14-2-3-15(11-29-14)20-10-16(12-30-21(20)32-9-8-18(33)13-32)22(34)31-17-4-6-19(7-5-17)35-24(27,28)23(25)26/h2-7,10-12,18,23,33H,8-9,13H2,1H3,(H,31,34). The number of amides is 1. The molecule has 1 unspecified atom stereocenters. The van der Waals surface area contributed by atoms with Crippen LogP contribution in [0.3, 0.4) is 0 Å². The van der Waals surface area contributed by atoms with E-state index in [1.165, 1.54) is 18.3 Å². The van der Waals surface area contributed by atoms with Crippen molar-refractivity contribution < 1.29 is 32.2 Å². The first-order valence-electron chi connectivity index (χ1n) is 10.7. The van der Waals surface area contributed by atoms with Gasteiger partial charge in [-0.1, -0.05) is 6.07 Å². The second-order valence-electron chi connectivity index (χ2n) is 8.11. The van der Waals surface area contributed by atoms with E-state index in [-0.39, 0.29) is 11.3 Å². The van der Waals surface area contributed by atoms with Gasteiger partial charge in [0.2, 0.25) is 0 Å². The molecule has 0 saturated carbocycles. The number of anilines is 2. The van der Waals surface area contributed by atoms with E-state index in [2.05, 4.69) is 20.0 Å². The number of pyridine rings is 2. The van der Waals surface area contributed by atoms with E-state index in [0.717, 1.165) is 23.4 Å². The Morgan fingerprint density at radius 3 is 2.51 bits per heavy atom. The van der Waals surface area contributed by atoms with E-state index < -0.39 is 30.3 Å². The summed E-state index contributed by atoms with van der Waals surface area (Å²) in [6.07, 6.45) is -5.36. The molecule has 2 aromatic heterocycles. The quantitative estimate of drug-likeness (QED) is 0.474. The number of nitrogens with zero attached hydrogens (tertiary/aromatic N) is 3. The van der Waals surface area contributed by atoms with Gasteiger partial charge in [-0.2, -0.15) is 17.6 Å². The lowest BCUT2D eigenvalue weighted by atomic mass is 10.1. The van der Waals surface area contributed by atoms with Crippen molar-refractivity contribution in [2.45, 2.75) is 32.0 Å². The minimum atomic E-state index is -4.62. The van der Waals surface area contributed by atoms with Gasteiger partial charge in [0.1, 0.15) is 11.6 Å². The number of ether oxygens (including phenoxy) is 1. The normalized spacial score (nSPS) is 16.0. The van der Waals surface area contributed by atoms with Gasteiger partial charge in [-0.25, -0.2) is 4.98 Å². The summed E-state index contributed by atoms with van der Waals surface area (Å²) >= 11 is 0. The summed E-state index contributed by atoms with van der Waals surface area (Å²) < 4.78 is 54.7. The predicted octanol–water partition coefficient (Wildman–Crippen LogP) is 4.51. The highest BCUT2D eigenvalue weighted by atomic mass is 19.3. The minimum Gasteiger partial charge on any atom is -0.428 e. The number of hydrogen-bond acceptors (Lipinski definition) is 6. The second kappa shape index (κ2) is 9.87. The molecule has 7 nitrogen and oxygen atoms in total. The van der Waals surface area contributed by atoms with Gasteiger partial charge in [0, 0.05) is 48.0 Å². The van der Waals surface area contributed by atoms with Gasteiger partial charge < -0.3 is 20.1 Å². The molecule has 1 saturated heterocycles. The Labute approximate surface area is 198 Å². The number of nitrogens with one attached hydrogen (secondary N) is 1. The van der Waals surface area contributed by atoms with Crippen LogP contribution in [0.4, 0.5) is 29.1 Å². The third-order valence-electron chi connectivity index (χ3n) is 5.43. The molecule has 184 valence electrons. The summed E-state index contributed by atoms with van der Waals surface area (Å²) in [6.45, 7) is 2.89. The molecule has 1 atom stereocenters. The highest BCUT2D eigenvalue weighted by Crippen LogP contribution is 2.32. The molecule has 3 heterocycles. The Morgan fingerprint density at radius 1 is 1.17 bits per heavy atom. The second-order valence-corrected chi connectivity index (χ2v) is 8.11. The first-order chi connectivity index (χ1) is 16.6. The van der Waals surface area contributed by atoms with Gasteiger partial charge in [-0.05, 0) is 49.7 Å². The lowest BCUT2D eigenvalue weighted by Crippen LogP contribution is -2.33. The molecule has 3 aromatic rings. The molecule has 1 amide bonds. The van der Waals surface area contributed by atoms with Crippen LogP contribution in [0.5, 0.6) is 5.75 Å². The fourth-order valence-corrected chi connectivity index (χ4v) is 3.62. The van der Waals surface area contributed by atoms with Crippen LogP contribution in [-0.2, 0) is 0 Å². The molecule has 0 bridgehead atoms. The lowest BCUT2D eigenvalue weighted by molar-refractivity contribution is -0.253. The zero-order valence-electron chi connectivity index (χ0n) is 18.6. The van der Waals surface area contributed by atoms with Gasteiger partial charge in [0.25, 0.3) is 5.91 Å². The molecule has 11 heteroatoms. The Morgan fingerprint density at radius 2 is 1.91 bits per heavy atom. The zero-order valence-corrected chi connectivity index (χ0v) is 18.6. The summed E-state index contributed by atoms with van der Waals surface area (Å²) in [5.74, 6) is -0.370. The highest BCUT2D eigenvalue weighted by molar-refractivity contribution is 6.05. The maximum atomic E-state index is 13.1. The van der Waals surface area contributed by atoms with Crippen molar-refractivity contribution in [3.05, 3.63) is 66.1 Å². The monoisotopic (exact) mass is 490 g/mol. The van der Waals surface area contributed by atoms with Crippen molar-refractivity contribution in [2.75, 3.05) is 23.3 Å². The summed E-state index contributed by atoms with van der Waals surface area (Å²) in [6, 6.07) is 9.98. The third kappa shape index (κ3) is 5.68. The minimum absolute atomic E-state index is 0.230. The molecule has 1 fully saturated rings. The Bertz CT molecular complexity index is 1190. The number of carbonyl (C=O) groups excluding carboxylic acids is 1. The predicted molar refractivity (Wildman–Crippen MR) is 121 cm³/mol. The van der Waals surface area contributed by atoms with Gasteiger partial charge >= 0.3 is 12.5 Å². The topological polar surface area (TPSA) is 87.6 Å². The summed E-state index contributed by atoms with van der Waals surface area (Å²) in [5.41, 5.74) is 2.71. The first-order valence-corrected chi connectivity index (χ1v) is 10.7. The maximum Gasteiger partial charge on any atom is 0.461 e. The van der Waals surface area contributed by atoms with Crippen molar-refractivity contribution in [1.29, 1.82) is 0 Å². The molecule has 0 spiro atoms. The number of alkyl halides is 4. The van der Waals surface area contributed by atoms with Crippen LogP contribution < -0.4 is 15.0 Å². The molecular weight excluding hydrogens is 468 g/mol. The molecule has 0 aliphatic carbocycles. The van der Waals surface area contributed by atoms with Crippen LogP contribution in [0.15, 0.2) is 54.9 Å². The number of aryl methyl sites for hydroxylation is 1. The number of rotatable bonds is 7. The molecule has 4 rings (SSSR count). The van der Waals surface area contributed by atoms with Gasteiger partial charge in [-0.15, -0.1) is 0 Å². The molecule has 1 aliphatic heterocycles. The Kier molecular flexibility index (Phi) is 6.88. The third-order valence-corrected chi connectivity index (χ3v) is 5.43. The van der Waals surface area contributed by atoms with E-state index >= 15 is 0 Å². The van der Waals surface area contributed by atoms with Crippen LogP contribution in [-0.4, -0.2) is 52.7 Å². The van der Waals surface area contributed by atoms with Crippen LogP contribution in [0, 0.1) is 6.92 Å². The molecule has 0 radical (unpaired) electrons. The average Bonchev–Trinajstić information content (AvgIpc) is 3.26. The Balaban J connectivity index is 1.56. The zero-order chi connectivity index (χ0) is 25.2. The smallest absolute Gasteiger partial charge is 0.428 e. The number of hydrogen-bond donors (Lipinski definition) is 2. The van der Waals surface area contributed by atoms with E-state index in [1.807, 2.05) is 24.0 Å². The number of aliphatic hydroxyl groups is 1. The molecule has 35 heavy (non-hydrogen) atoms. The molecular formula is C24H22F4N4O3. The van der Waals surface area contributed by atoms with Crippen molar-refractivity contribution in [3.63, 3.8) is 0 Å².